The van der Waals surface area contributed by atoms with Gasteiger partial charge < -0.3 is 10.4 Å². The van der Waals surface area contributed by atoms with E-state index in [4.69, 9.17) is 0 Å². The molecule has 2 aromatic carbocycles. The second-order valence-electron chi connectivity index (χ2n) is 4.97. The van der Waals surface area contributed by atoms with Crippen LogP contribution in [0.15, 0.2) is 54.6 Å². The highest BCUT2D eigenvalue weighted by Crippen LogP contribution is 2.16. The van der Waals surface area contributed by atoms with Crippen LogP contribution >= 0.6 is 0 Å². The summed E-state index contributed by atoms with van der Waals surface area (Å²) in [6.07, 6.45) is -0.466. The Bertz CT molecular complexity index is 492. The van der Waals surface area contributed by atoms with E-state index in [0.717, 1.165) is 5.56 Å². The number of benzene rings is 2. The summed E-state index contributed by atoms with van der Waals surface area (Å²) in [5.41, 5.74) is 3.40. The fraction of sp³-hybridized carbons (Fsp3) is 0.294. The molecule has 2 nitrogen and oxygen atoms in total. The Balaban J connectivity index is 1.90. The van der Waals surface area contributed by atoms with Crippen molar-refractivity contribution in [3.05, 3.63) is 71.3 Å². The van der Waals surface area contributed by atoms with Gasteiger partial charge in [0.05, 0.1) is 6.10 Å². The fourth-order valence-electron chi connectivity index (χ4n) is 2.05. The maximum Gasteiger partial charge on any atom is 0.0914 e. The zero-order valence-electron chi connectivity index (χ0n) is 11.5. The lowest BCUT2D eigenvalue weighted by Gasteiger charge is -2.18. The Labute approximate surface area is 115 Å². The lowest BCUT2D eigenvalue weighted by atomic mass is 10.1. The molecule has 1 unspecified atom stereocenters. The molecule has 0 saturated carbocycles. The molecule has 19 heavy (non-hydrogen) atoms. The third kappa shape index (κ3) is 3.91. The largest absolute Gasteiger partial charge is 0.387 e. The minimum atomic E-state index is -0.466. The summed E-state index contributed by atoms with van der Waals surface area (Å²) in [6.45, 7) is 4.71. The molecule has 0 aliphatic carbocycles. The van der Waals surface area contributed by atoms with E-state index in [1.165, 1.54) is 11.1 Å². The van der Waals surface area contributed by atoms with E-state index < -0.39 is 6.10 Å². The van der Waals surface area contributed by atoms with Gasteiger partial charge in [0.15, 0.2) is 0 Å². The van der Waals surface area contributed by atoms with Crippen molar-refractivity contribution in [2.45, 2.75) is 26.0 Å². The van der Waals surface area contributed by atoms with Crippen molar-refractivity contribution in [1.29, 1.82) is 0 Å². The van der Waals surface area contributed by atoms with Gasteiger partial charge in [-0.15, -0.1) is 0 Å². The molecule has 2 atom stereocenters. The summed E-state index contributed by atoms with van der Waals surface area (Å²) >= 11 is 0. The molecule has 0 aliphatic rings. The monoisotopic (exact) mass is 255 g/mol. The number of nitrogens with one attached hydrogen (secondary N) is 1. The third-order valence-electron chi connectivity index (χ3n) is 3.38. The molecule has 0 saturated heterocycles. The van der Waals surface area contributed by atoms with Gasteiger partial charge in [0.25, 0.3) is 0 Å². The fourth-order valence-corrected chi connectivity index (χ4v) is 2.05. The molecule has 2 aromatic rings. The van der Waals surface area contributed by atoms with Crippen LogP contribution in [0, 0.1) is 6.92 Å². The van der Waals surface area contributed by atoms with Crippen LogP contribution in [0.25, 0.3) is 0 Å². The molecule has 0 aliphatic heterocycles. The van der Waals surface area contributed by atoms with Crippen LogP contribution in [-0.4, -0.2) is 11.7 Å². The number of hydrogen-bond acceptors (Lipinski definition) is 2. The van der Waals surface area contributed by atoms with Crippen molar-refractivity contribution in [3.8, 4) is 0 Å². The predicted molar refractivity (Wildman–Crippen MR) is 79.0 cm³/mol. The molecule has 0 spiro atoms. The van der Waals surface area contributed by atoms with Crippen molar-refractivity contribution < 1.29 is 5.11 Å². The summed E-state index contributed by atoms with van der Waals surface area (Å²) in [5.74, 6) is 0. The van der Waals surface area contributed by atoms with Crippen LogP contribution in [0.5, 0.6) is 0 Å². The van der Waals surface area contributed by atoms with Gasteiger partial charge in [0.2, 0.25) is 0 Å². The summed E-state index contributed by atoms with van der Waals surface area (Å²) in [7, 11) is 0. The zero-order valence-corrected chi connectivity index (χ0v) is 11.5. The molecule has 0 fully saturated rings. The molecule has 100 valence electrons. The third-order valence-corrected chi connectivity index (χ3v) is 3.38. The highest BCUT2D eigenvalue weighted by molar-refractivity contribution is 5.23. The number of aryl methyl sites for hydroxylation is 1. The summed E-state index contributed by atoms with van der Waals surface area (Å²) in [6, 6.07) is 18.5. The van der Waals surface area contributed by atoms with Gasteiger partial charge in [-0.2, -0.15) is 0 Å². The smallest absolute Gasteiger partial charge is 0.0914 e. The van der Waals surface area contributed by atoms with Gasteiger partial charge in [-0.05, 0) is 25.0 Å². The maximum atomic E-state index is 10.1. The average Bonchev–Trinajstić information content (AvgIpc) is 2.46. The van der Waals surface area contributed by atoms with Crippen molar-refractivity contribution in [2.24, 2.45) is 0 Å². The zero-order chi connectivity index (χ0) is 13.7. The minimum Gasteiger partial charge on any atom is -0.387 e. The van der Waals surface area contributed by atoms with Gasteiger partial charge in [-0.1, -0.05) is 60.2 Å². The lowest BCUT2D eigenvalue weighted by molar-refractivity contribution is 0.171. The average molecular weight is 255 g/mol. The van der Waals surface area contributed by atoms with Crippen LogP contribution in [-0.2, 0) is 0 Å². The Kier molecular flexibility index (Phi) is 4.72. The lowest BCUT2D eigenvalue weighted by Crippen LogP contribution is -2.24. The molecular weight excluding hydrogens is 234 g/mol. The first kappa shape index (κ1) is 13.8. The SMILES string of the molecule is Cc1ccc(C(O)CN[C@@H](C)c2ccccc2)cc1. The first-order chi connectivity index (χ1) is 9.16. The highest BCUT2D eigenvalue weighted by atomic mass is 16.3. The van der Waals surface area contributed by atoms with E-state index in [1.54, 1.807) is 0 Å². The van der Waals surface area contributed by atoms with E-state index in [2.05, 4.69) is 24.4 Å². The van der Waals surface area contributed by atoms with Gasteiger partial charge >= 0.3 is 0 Å². The van der Waals surface area contributed by atoms with Crippen LogP contribution in [0.4, 0.5) is 0 Å². The van der Waals surface area contributed by atoms with Gasteiger partial charge in [0.1, 0.15) is 0 Å². The molecule has 0 heterocycles. The molecule has 0 radical (unpaired) electrons. The van der Waals surface area contributed by atoms with Gasteiger partial charge in [-0.25, -0.2) is 0 Å². The number of aliphatic hydroxyl groups is 1. The molecular formula is C17H21NO. The van der Waals surface area contributed by atoms with Crippen LogP contribution in [0.3, 0.4) is 0 Å². The van der Waals surface area contributed by atoms with Crippen molar-refractivity contribution in [2.75, 3.05) is 6.54 Å². The van der Waals surface area contributed by atoms with Gasteiger partial charge in [0, 0.05) is 12.6 Å². The van der Waals surface area contributed by atoms with E-state index in [1.807, 2.05) is 49.4 Å². The molecule has 0 aromatic heterocycles. The molecule has 2 heteroatoms. The Hall–Kier alpha value is -1.64. The first-order valence-corrected chi connectivity index (χ1v) is 6.70. The predicted octanol–water partition coefficient (Wildman–Crippen LogP) is 3.38. The van der Waals surface area contributed by atoms with Crippen LogP contribution in [0.1, 0.15) is 35.8 Å². The summed E-state index contributed by atoms with van der Waals surface area (Å²) in [5, 5.41) is 13.5. The summed E-state index contributed by atoms with van der Waals surface area (Å²) in [4.78, 5) is 0. The summed E-state index contributed by atoms with van der Waals surface area (Å²) < 4.78 is 0. The normalized spacial score (nSPS) is 14.1. The van der Waals surface area contributed by atoms with Crippen molar-refractivity contribution in [3.63, 3.8) is 0 Å². The molecule has 2 N–H and O–H groups in total. The molecule has 0 bridgehead atoms. The van der Waals surface area contributed by atoms with E-state index >= 15 is 0 Å². The van der Waals surface area contributed by atoms with Crippen LogP contribution in [0.2, 0.25) is 0 Å². The Morgan fingerprint density at radius 1 is 0.947 bits per heavy atom. The first-order valence-electron chi connectivity index (χ1n) is 6.70. The minimum absolute atomic E-state index is 0.237. The second-order valence-corrected chi connectivity index (χ2v) is 4.97. The molecule has 2 rings (SSSR count). The second kappa shape index (κ2) is 6.50. The van der Waals surface area contributed by atoms with E-state index in [0.29, 0.717) is 6.54 Å². The highest BCUT2D eigenvalue weighted by Gasteiger charge is 2.10. The number of aliphatic hydroxyl groups excluding tert-OH is 1. The topological polar surface area (TPSA) is 32.3 Å². The van der Waals surface area contributed by atoms with E-state index in [-0.39, 0.29) is 6.04 Å². The Morgan fingerprint density at radius 2 is 1.58 bits per heavy atom. The molecule has 0 amide bonds. The Morgan fingerprint density at radius 3 is 2.21 bits per heavy atom. The van der Waals surface area contributed by atoms with Gasteiger partial charge in [-0.3, -0.25) is 0 Å². The van der Waals surface area contributed by atoms with Crippen LogP contribution < -0.4 is 5.32 Å². The standard InChI is InChI=1S/C17H21NO/c1-13-8-10-16(11-9-13)17(19)12-18-14(2)15-6-4-3-5-7-15/h3-11,14,17-19H,12H2,1-2H3/t14-,17?/m0/s1. The van der Waals surface area contributed by atoms with E-state index in [9.17, 15) is 5.11 Å². The maximum absolute atomic E-state index is 10.1. The number of hydrogen-bond donors (Lipinski definition) is 2. The quantitative estimate of drug-likeness (QED) is 0.858. The number of rotatable bonds is 5. The van der Waals surface area contributed by atoms with Crippen molar-refractivity contribution in [1.82, 2.24) is 5.32 Å². The van der Waals surface area contributed by atoms with Crippen molar-refractivity contribution >= 4 is 0 Å².